The number of fused-ring (bicyclic) bond motifs is 5. The van der Waals surface area contributed by atoms with Crippen LogP contribution in [0.5, 0.6) is 0 Å². The Hall–Kier alpha value is -1.80. The Morgan fingerprint density at radius 1 is 1.10 bits per heavy atom. The molecule has 3 unspecified atom stereocenters. The third-order valence-electron chi connectivity index (χ3n) is 9.92. The van der Waals surface area contributed by atoms with Gasteiger partial charge in [-0.25, -0.2) is 0 Å². The Morgan fingerprint density at radius 3 is 2.72 bits per heavy atom. The van der Waals surface area contributed by atoms with Gasteiger partial charge in [0.2, 0.25) is 0 Å². The lowest BCUT2D eigenvalue weighted by atomic mass is 9.43. The van der Waals surface area contributed by atoms with Crippen molar-refractivity contribution in [2.45, 2.75) is 71.8 Å². The maximum absolute atomic E-state index is 8.98. The third-order valence-corrected chi connectivity index (χ3v) is 9.92. The SMILES string of the molecule is CC1C(N=[N+]=[N-])CC[C@@]2(C)C1CC[C@@H]1[C@@H]2CC[C@]2(C)C(c3cccnc3)=CC[C@@H]12. The highest BCUT2D eigenvalue weighted by atomic mass is 15.2. The molecule has 5 rings (SSSR count). The summed E-state index contributed by atoms with van der Waals surface area (Å²) in [5, 5.41) is 4.16. The highest BCUT2D eigenvalue weighted by Crippen LogP contribution is 2.68. The number of nitrogens with zero attached hydrogens (tertiary/aromatic N) is 4. The van der Waals surface area contributed by atoms with E-state index in [1.54, 1.807) is 5.57 Å². The molecule has 1 aromatic heterocycles. The molecule has 3 fully saturated rings. The molecule has 0 aromatic carbocycles. The molecule has 0 N–H and O–H groups in total. The van der Waals surface area contributed by atoms with Crippen LogP contribution in [0.25, 0.3) is 16.0 Å². The summed E-state index contributed by atoms with van der Waals surface area (Å²) in [6.07, 6.45) is 15.3. The van der Waals surface area contributed by atoms with Crippen LogP contribution in [-0.2, 0) is 0 Å². The second-order valence-corrected chi connectivity index (χ2v) is 10.8. The summed E-state index contributed by atoms with van der Waals surface area (Å²) >= 11 is 0. The highest BCUT2D eigenvalue weighted by Gasteiger charge is 2.59. The second kappa shape index (κ2) is 6.87. The van der Waals surface area contributed by atoms with Gasteiger partial charge in [-0.3, -0.25) is 4.98 Å². The minimum atomic E-state index is 0.203. The van der Waals surface area contributed by atoms with Crippen LogP contribution < -0.4 is 0 Å². The van der Waals surface area contributed by atoms with Crippen molar-refractivity contribution in [3.63, 3.8) is 0 Å². The number of aromatic nitrogens is 1. The van der Waals surface area contributed by atoms with Gasteiger partial charge in [-0.2, -0.15) is 0 Å². The minimum Gasteiger partial charge on any atom is -0.264 e. The number of hydrogen-bond acceptors (Lipinski definition) is 2. The second-order valence-electron chi connectivity index (χ2n) is 10.8. The molecule has 3 saturated carbocycles. The molecule has 0 aliphatic heterocycles. The number of allylic oxidation sites excluding steroid dienone is 2. The van der Waals surface area contributed by atoms with Crippen molar-refractivity contribution in [3.05, 3.63) is 46.6 Å². The zero-order chi connectivity index (χ0) is 20.2. The van der Waals surface area contributed by atoms with Crippen molar-refractivity contribution >= 4 is 5.57 Å². The van der Waals surface area contributed by atoms with Gasteiger partial charge in [0.15, 0.2) is 0 Å². The van der Waals surface area contributed by atoms with E-state index in [0.717, 1.165) is 24.2 Å². The number of azide groups is 1. The summed E-state index contributed by atoms with van der Waals surface area (Å²) in [6, 6.07) is 4.53. The fraction of sp³-hybridized carbons (Fsp3) is 0.720. The largest absolute Gasteiger partial charge is 0.264 e. The maximum atomic E-state index is 8.98. The van der Waals surface area contributed by atoms with E-state index in [2.05, 4.69) is 60.2 Å². The average Bonchev–Trinajstić information content (AvgIpc) is 3.08. The normalized spacial score (nSPS) is 46.0. The first kappa shape index (κ1) is 19.2. The van der Waals surface area contributed by atoms with E-state index in [1.165, 1.54) is 44.1 Å². The summed E-state index contributed by atoms with van der Waals surface area (Å²) in [5.41, 5.74) is 12.6. The predicted octanol–water partition coefficient (Wildman–Crippen LogP) is 7.04. The van der Waals surface area contributed by atoms with Gasteiger partial charge < -0.3 is 0 Å². The first-order valence-corrected chi connectivity index (χ1v) is 11.6. The molecular weight excluding hydrogens is 356 g/mol. The topological polar surface area (TPSA) is 61.7 Å². The third kappa shape index (κ3) is 2.71. The van der Waals surface area contributed by atoms with Gasteiger partial charge in [-0.05, 0) is 108 Å². The average molecular weight is 391 g/mol. The molecule has 0 spiro atoms. The number of hydrogen-bond donors (Lipinski definition) is 0. The Morgan fingerprint density at radius 2 is 1.97 bits per heavy atom. The van der Waals surface area contributed by atoms with Gasteiger partial charge in [0.1, 0.15) is 0 Å². The molecule has 29 heavy (non-hydrogen) atoms. The smallest absolute Gasteiger partial charge is 0.0402 e. The summed E-state index contributed by atoms with van der Waals surface area (Å²) < 4.78 is 0. The van der Waals surface area contributed by atoms with Gasteiger partial charge in [-0.1, -0.05) is 38.0 Å². The van der Waals surface area contributed by atoms with Crippen molar-refractivity contribution < 1.29 is 0 Å². The van der Waals surface area contributed by atoms with Crippen LogP contribution in [0.4, 0.5) is 0 Å². The monoisotopic (exact) mass is 390 g/mol. The molecule has 1 heterocycles. The van der Waals surface area contributed by atoms with Crippen molar-refractivity contribution in [3.8, 4) is 0 Å². The molecule has 154 valence electrons. The van der Waals surface area contributed by atoms with Crippen LogP contribution in [-0.4, -0.2) is 11.0 Å². The van der Waals surface area contributed by atoms with Crippen LogP contribution in [0.1, 0.15) is 71.3 Å². The zero-order valence-corrected chi connectivity index (χ0v) is 18.1. The Bertz CT molecular complexity index is 857. The summed E-state index contributed by atoms with van der Waals surface area (Å²) in [6.45, 7) is 7.48. The predicted molar refractivity (Wildman–Crippen MR) is 117 cm³/mol. The fourth-order valence-corrected chi connectivity index (χ4v) is 8.48. The zero-order valence-electron chi connectivity index (χ0n) is 18.1. The van der Waals surface area contributed by atoms with E-state index in [4.69, 9.17) is 5.53 Å². The molecule has 0 bridgehead atoms. The lowest BCUT2D eigenvalue weighted by molar-refractivity contribution is -0.115. The first-order chi connectivity index (χ1) is 14.0. The first-order valence-electron chi connectivity index (χ1n) is 11.6. The van der Waals surface area contributed by atoms with E-state index >= 15 is 0 Å². The summed E-state index contributed by atoms with van der Waals surface area (Å²) in [4.78, 5) is 7.55. The maximum Gasteiger partial charge on any atom is 0.0402 e. The fourth-order valence-electron chi connectivity index (χ4n) is 8.48. The quantitative estimate of drug-likeness (QED) is 0.303. The molecule has 1 aromatic rings. The van der Waals surface area contributed by atoms with E-state index in [-0.39, 0.29) is 6.04 Å². The summed E-state index contributed by atoms with van der Waals surface area (Å²) in [5.74, 6) is 3.68. The van der Waals surface area contributed by atoms with Crippen molar-refractivity contribution in [1.29, 1.82) is 0 Å². The van der Waals surface area contributed by atoms with E-state index in [9.17, 15) is 0 Å². The van der Waals surface area contributed by atoms with Crippen LogP contribution in [0.3, 0.4) is 0 Å². The molecule has 0 amide bonds. The standard InChI is InChI=1S/C25H34N4/c1-16-19-7-6-18-21-9-8-20(17-5-4-14-27-15-17)25(21,3)12-10-22(18)24(19,2)13-11-23(16)28-29-26/h4-5,8,14-16,18-19,21-23H,6-7,9-13H2,1-3H3/t16?,18-,19?,21-,22-,23?,24-,25+/m0/s1. The molecular formula is C25H34N4. The Kier molecular flexibility index (Phi) is 4.55. The van der Waals surface area contributed by atoms with E-state index in [0.29, 0.717) is 22.7 Å². The molecule has 4 aliphatic carbocycles. The molecule has 0 saturated heterocycles. The van der Waals surface area contributed by atoms with Crippen molar-refractivity contribution in [2.24, 2.45) is 45.5 Å². The van der Waals surface area contributed by atoms with Crippen molar-refractivity contribution in [1.82, 2.24) is 4.98 Å². The highest BCUT2D eigenvalue weighted by molar-refractivity contribution is 5.72. The molecule has 8 atom stereocenters. The van der Waals surface area contributed by atoms with Crippen LogP contribution >= 0.6 is 0 Å². The van der Waals surface area contributed by atoms with Crippen LogP contribution in [0.15, 0.2) is 35.7 Å². The van der Waals surface area contributed by atoms with Crippen LogP contribution in [0, 0.1) is 40.4 Å². The summed E-state index contributed by atoms with van der Waals surface area (Å²) in [7, 11) is 0. The molecule has 4 nitrogen and oxygen atoms in total. The molecule has 0 radical (unpaired) electrons. The van der Waals surface area contributed by atoms with Crippen molar-refractivity contribution in [2.75, 3.05) is 0 Å². The van der Waals surface area contributed by atoms with Gasteiger partial charge in [0.25, 0.3) is 0 Å². The van der Waals surface area contributed by atoms with Crippen LogP contribution in [0.2, 0.25) is 0 Å². The lowest BCUT2D eigenvalue weighted by Gasteiger charge is -2.62. The molecule has 4 heteroatoms. The Balaban J connectivity index is 1.42. The van der Waals surface area contributed by atoms with E-state index < -0.39 is 0 Å². The minimum absolute atomic E-state index is 0.203. The number of rotatable bonds is 2. The van der Waals surface area contributed by atoms with Gasteiger partial charge in [-0.15, -0.1) is 0 Å². The van der Waals surface area contributed by atoms with Gasteiger partial charge in [0, 0.05) is 23.3 Å². The van der Waals surface area contributed by atoms with Gasteiger partial charge in [0.05, 0.1) is 0 Å². The number of pyridine rings is 1. The Labute approximate surface area is 174 Å². The molecule has 4 aliphatic rings. The van der Waals surface area contributed by atoms with Gasteiger partial charge >= 0.3 is 0 Å². The lowest BCUT2D eigenvalue weighted by Crippen LogP contribution is -2.55. The van der Waals surface area contributed by atoms with E-state index in [1.807, 2.05) is 6.20 Å².